The molecule has 3 aromatic rings. The summed E-state index contributed by atoms with van der Waals surface area (Å²) < 4.78 is 0. The lowest BCUT2D eigenvalue weighted by Gasteiger charge is -2.08. The van der Waals surface area contributed by atoms with Crippen molar-refractivity contribution >= 4 is 10.9 Å². The summed E-state index contributed by atoms with van der Waals surface area (Å²) in [6, 6.07) is 17.8. The van der Waals surface area contributed by atoms with E-state index in [1.807, 2.05) is 30.3 Å². The molecule has 3 rings (SSSR count). The van der Waals surface area contributed by atoms with Crippen LogP contribution in [0.1, 0.15) is 25.5 Å². The second kappa shape index (κ2) is 4.97. The Balaban J connectivity index is 2.20. The van der Waals surface area contributed by atoms with Gasteiger partial charge in [-0.05, 0) is 29.2 Å². The Morgan fingerprint density at radius 1 is 0.900 bits per heavy atom. The lowest BCUT2D eigenvalue weighted by molar-refractivity contribution is 0.828. The van der Waals surface area contributed by atoms with E-state index in [4.69, 9.17) is 0 Å². The normalized spacial score (nSPS) is 11.2. The van der Waals surface area contributed by atoms with Gasteiger partial charge in [-0.3, -0.25) is 4.79 Å². The van der Waals surface area contributed by atoms with Crippen LogP contribution in [0.2, 0.25) is 0 Å². The summed E-state index contributed by atoms with van der Waals surface area (Å²) in [7, 11) is 0. The van der Waals surface area contributed by atoms with E-state index >= 15 is 0 Å². The van der Waals surface area contributed by atoms with Gasteiger partial charge in [0.25, 0.3) is 0 Å². The van der Waals surface area contributed by atoms with Gasteiger partial charge in [0.15, 0.2) is 5.43 Å². The summed E-state index contributed by atoms with van der Waals surface area (Å²) in [6.07, 6.45) is 0. The van der Waals surface area contributed by atoms with Gasteiger partial charge >= 0.3 is 0 Å². The van der Waals surface area contributed by atoms with Crippen LogP contribution in [0.25, 0.3) is 22.0 Å². The van der Waals surface area contributed by atoms with Gasteiger partial charge in [0.05, 0.1) is 0 Å². The van der Waals surface area contributed by atoms with E-state index < -0.39 is 0 Å². The maximum atomic E-state index is 12.3. The van der Waals surface area contributed by atoms with Crippen LogP contribution >= 0.6 is 0 Å². The molecule has 0 aliphatic rings. The number of hydrogen-bond donors (Lipinski definition) is 1. The number of fused-ring (bicyclic) bond motifs is 1. The van der Waals surface area contributed by atoms with E-state index in [1.54, 1.807) is 6.07 Å². The van der Waals surface area contributed by atoms with Crippen molar-refractivity contribution in [1.29, 1.82) is 0 Å². The Morgan fingerprint density at radius 2 is 1.65 bits per heavy atom. The first-order chi connectivity index (χ1) is 9.65. The molecule has 100 valence electrons. The molecule has 0 bridgehead atoms. The number of rotatable bonds is 2. The maximum absolute atomic E-state index is 12.3. The molecular weight excluding hydrogens is 246 g/mol. The fraction of sp³-hybridized carbons (Fsp3) is 0.167. The zero-order valence-corrected chi connectivity index (χ0v) is 11.7. The second-order valence-corrected chi connectivity index (χ2v) is 5.37. The molecule has 0 radical (unpaired) electrons. The Morgan fingerprint density at radius 3 is 2.35 bits per heavy atom. The number of hydrogen-bond acceptors (Lipinski definition) is 1. The summed E-state index contributed by atoms with van der Waals surface area (Å²) in [5.41, 5.74) is 4.17. The van der Waals surface area contributed by atoms with Crippen LogP contribution in [0, 0.1) is 0 Å². The molecule has 2 nitrogen and oxygen atoms in total. The molecule has 0 saturated heterocycles. The molecular formula is C18H17NO. The van der Waals surface area contributed by atoms with Gasteiger partial charge in [-0.25, -0.2) is 0 Å². The first kappa shape index (κ1) is 12.7. The summed E-state index contributed by atoms with van der Waals surface area (Å²) in [4.78, 5) is 15.6. The first-order valence-electron chi connectivity index (χ1n) is 6.87. The number of H-pyrrole nitrogens is 1. The van der Waals surface area contributed by atoms with Crippen molar-refractivity contribution in [2.75, 3.05) is 0 Å². The molecule has 2 aromatic carbocycles. The van der Waals surface area contributed by atoms with Crippen molar-refractivity contribution < 1.29 is 0 Å². The van der Waals surface area contributed by atoms with E-state index in [1.165, 1.54) is 0 Å². The third-order valence-corrected chi connectivity index (χ3v) is 3.58. The highest BCUT2D eigenvalue weighted by molar-refractivity contribution is 5.84. The molecule has 0 saturated carbocycles. The van der Waals surface area contributed by atoms with E-state index in [-0.39, 0.29) is 5.43 Å². The predicted octanol–water partition coefficient (Wildman–Crippen LogP) is 4.32. The first-order valence-corrected chi connectivity index (χ1v) is 6.87. The monoisotopic (exact) mass is 263 g/mol. The van der Waals surface area contributed by atoms with Crippen molar-refractivity contribution in [3.05, 3.63) is 70.5 Å². The smallest absolute Gasteiger partial charge is 0.189 e. The van der Waals surface area contributed by atoms with E-state index in [9.17, 15) is 4.79 Å². The Hall–Kier alpha value is -2.35. The van der Waals surface area contributed by atoms with Crippen molar-refractivity contribution in [2.24, 2.45) is 0 Å². The maximum Gasteiger partial charge on any atom is 0.189 e. The average molecular weight is 263 g/mol. The third-order valence-electron chi connectivity index (χ3n) is 3.58. The number of pyridine rings is 1. The van der Waals surface area contributed by atoms with E-state index in [0.29, 0.717) is 5.92 Å². The molecule has 0 fully saturated rings. The molecule has 1 aromatic heterocycles. The molecule has 1 N–H and O–H groups in total. The third kappa shape index (κ3) is 2.25. The van der Waals surface area contributed by atoms with Crippen LogP contribution in [0.15, 0.2) is 59.4 Å². The van der Waals surface area contributed by atoms with Crippen LogP contribution in [0.3, 0.4) is 0 Å². The number of nitrogens with one attached hydrogen (secondary N) is 1. The summed E-state index contributed by atoms with van der Waals surface area (Å²) in [5.74, 6) is 0.320. The van der Waals surface area contributed by atoms with Gasteiger partial charge in [-0.2, -0.15) is 0 Å². The lowest BCUT2D eigenvalue weighted by atomic mass is 10.0. The van der Waals surface area contributed by atoms with Gasteiger partial charge in [0.1, 0.15) is 0 Å². The Bertz CT molecular complexity index is 801. The minimum atomic E-state index is 0.0835. The highest BCUT2D eigenvalue weighted by Crippen LogP contribution is 2.23. The van der Waals surface area contributed by atoms with Gasteiger partial charge in [-0.1, -0.05) is 50.2 Å². The van der Waals surface area contributed by atoms with Crippen LogP contribution in [-0.4, -0.2) is 4.98 Å². The molecule has 0 aliphatic carbocycles. The Kier molecular flexibility index (Phi) is 3.15. The SMILES string of the molecule is CC(C)c1cc(=O)c2cc(-c3ccccc3)ccc2[nH]1. The minimum absolute atomic E-state index is 0.0835. The topological polar surface area (TPSA) is 32.9 Å². The van der Waals surface area contributed by atoms with Crippen LogP contribution in [-0.2, 0) is 0 Å². The molecule has 1 heterocycles. The van der Waals surface area contributed by atoms with Gasteiger partial charge in [0.2, 0.25) is 0 Å². The van der Waals surface area contributed by atoms with Crippen molar-refractivity contribution in [3.63, 3.8) is 0 Å². The molecule has 0 aliphatic heterocycles. The van der Waals surface area contributed by atoms with Gasteiger partial charge in [0, 0.05) is 22.7 Å². The van der Waals surface area contributed by atoms with Gasteiger partial charge in [-0.15, -0.1) is 0 Å². The molecule has 20 heavy (non-hydrogen) atoms. The summed E-state index contributed by atoms with van der Waals surface area (Å²) >= 11 is 0. The number of aromatic nitrogens is 1. The number of aromatic amines is 1. The molecule has 2 heteroatoms. The highest BCUT2D eigenvalue weighted by Gasteiger charge is 2.06. The molecule has 0 unspecified atom stereocenters. The minimum Gasteiger partial charge on any atom is -0.358 e. The number of benzene rings is 2. The summed E-state index contributed by atoms with van der Waals surface area (Å²) in [6.45, 7) is 4.16. The molecule has 0 atom stereocenters. The standard InChI is InChI=1S/C18H17NO/c1-12(2)17-11-18(20)15-10-14(8-9-16(15)19-17)13-6-4-3-5-7-13/h3-12H,1-2H3,(H,19,20). The highest BCUT2D eigenvalue weighted by atomic mass is 16.1. The van der Waals surface area contributed by atoms with Crippen LogP contribution < -0.4 is 5.43 Å². The fourth-order valence-electron chi connectivity index (χ4n) is 2.39. The predicted molar refractivity (Wildman–Crippen MR) is 84.1 cm³/mol. The van der Waals surface area contributed by atoms with Crippen molar-refractivity contribution in [1.82, 2.24) is 4.98 Å². The largest absolute Gasteiger partial charge is 0.358 e. The van der Waals surface area contributed by atoms with Crippen LogP contribution in [0.5, 0.6) is 0 Å². The molecule has 0 amide bonds. The van der Waals surface area contributed by atoms with Crippen molar-refractivity contribution in [2.45, 2.75) is 19.8 Å². The average Bonchev–Trinajstić information content (AvgIpc) is 2.47. The van der Waals surface area contributed by atoms with Crippen molar-refractivity contribution in [3.8, 4) is 11.1 Å². The lowest BCUT2D eigenvalue weighted by Crippen LogP contribution is -2.06. The van der Waals surface area contributed by atoms with E-state index in [2.05, 4.69) is 37.0 Å². The van der Waals surface area contributed by atoms with Gasteiger partial charge < -0.3 is 4.98 Å². The quantitative estimate of drug-likeness (QED) is 0.734. The molecule has 0 spiro atoms. The zero-order valence-electron chi connectivity index (χ0n) is 11.7. The fourth-order valence-corrected chi connectivity index (χ4v) is 2.39. The van der Waals surface area contributed by atoms with Crippen LogP contribution in [0.4, 0.5) is 0 Å². The zero-order chi connectivity index (χ0) is 14.1. The Labute approximate surface area is 118 Å². The van der Waals surface area contributed by atoms with E-state index in [0.717, 1.165) is 27.7 Å². The second-order valence-electron chi connectivity index (χ2n) is 5.37. The summed E-state index contributed by atoms with van der Waals surface area (Å²) in [5, 5.41) is 0.746.